The Morgan fingerprint density at radius 1 is 1.00 bits per heavy atom. The van der Waals surface area contributed by atoms with Crippen LogP contribution in [0.4, 0.5) is 0 Å². The third-order valence-corrected chi connectivity index (χ3v) is 4.95. The lowest BCUT2D eigenvalue weighted by Gasteiger charge is -2.13. The Hall–Kier alpha value is -2.73. The van der Waals surface area contributed by atoms with E-state index in [9.17, 15) is 4.21 Å². The highest BCUT2D eigenvalue weighted by Crippen LogP contribution is 2.39. The topological polar surface area (TPSA) is 60.6 Å². The molecule has 1 N–H and O–H groups in total. The second-order valence-electron chi connectivity index (χ2n) is 5.25. The molecule has 0 saturated carbocycles. The van der Waals surface area contributed by atoms with Crippen molar-refractivity contribution in [2.24, 2.45) is 0 Å². The molecule has 0 saturated heterocycles. The Kier molecular flexibility index (Phi) is 5.09. The van der Waals surface area contributed by atoms with Gasteiger partial charge in [0.05, 0.1) is 37.0 Å². The van der Waals surface area contributed by atoms with Crippen LogP contribution in [0.1, 0.15) is 5.56 Å². The summed E-state index contributed by atoms with van der Waals surface area (Å²) in [4.78, 5) is 3.74. The van der Waals surface area contributed by atoms with Crippen molar-refractivity contribution in [2.75, 3.05) is 21.3 Å². The highest BCUT2D eigenvalue weighted by Gasteiger charge is 2.15. The lowest BCUT2D eigenvalue weighted by Crippen LogP contribution is -1.97. The second-order valence-corrected chi connectivity index (χ2v) is 6.59. The Bertz CT molecular complexity index is 920. The predicted molar refractivity (Wildman–Crippen MR) is 99.8 cm³/mol. The molecule has 2 aromatic carbocycles. The van der Waals surface area contributed by atoms with Crippen LogP contribution in [0, 0.1) is 0 Å². The number of hydrogen-bond donors (Lipinski definition) is 1. The maximum Gasteiger partial charge on any atom is 0.203 e. The lowest BCUT2D eigenvalue weighted by molar-refractivity contribution is 0.323. The zero-order valence-corrected chi connectivity index (χ0v) is 15.1. The van der Waals surface area contributed by atoms with Crippen molar-refractivity contribution in [1.29, 1.82) is 0 Å². The zero-order valence-electron chi connectivity index (χ0n) is 14.2. The molecule has 1 atom stereocenters. The van der Waals surface area contributed by atoms with Crippen molar-refractivity contribution in [3.8, 4) is 17.2 Å². The number of aromatic nitrogens is 1. The van der Waals surface area contributed by atoms with Crippen LogP contribution in [0.5, 0.6) is 17.2 Å². The average molecular weight is 357 g/mol. The van der Waals surface area contributed by atoms with Gasteiger partial charge < -0.3 is 19.2 Å². The first kappa shape index (κ1) is 17.1. The number of methoxy groups -OCH3 is 3. The van der Waals surface area contributed by atoms with Crippen molar-refractivity contribution < 1.29 is 18.4 Å². The van der Waals surface area contributed by atoms with E-state index < -0.39 is 10.8 Å². The van der Waals surface area contributed by atoms with Gasteiger partial charge in [0.15, 0.2) is 11.5 Å². The van der Waals surface area contributed by atoms with Gasteiger partial charge in [-0.3, -0.25) is 0 Å². The summed E-state index contributed by atoms with van der Waals surface area (Å²) in [5.41, 5.74) is 2.04. The third-order valence-electron chi connectivity index (χ3n) is 3.87. The molecule has 3 aromatic rings. The molecule has 1 heterocycles. The zero-order chi connectivity index (χ0) is 17.8. The minimum Gasteiger partial charge on any atom is -0.493 e. The number of benzene rings is 2. The average Bonchev–Trinajstić information content (AvgIpc) is 3.14. The molecule has 0 fully saturated rings. The van der Waals surface area contributed by atoms with Crippen LogP contribution in [-0.4, -0.2) is 30.5 Å². The smallest absolute Gasteiger partial charge is 0.203 e. The first-order valence-electron chi connectivity index (χ1n) is 7.63. The van der Waals surface area contributed by atoms with Crippen LogP contribution in [0.3, 0.4) is 0 Å². The highest BCUT2D eigenvalue weighted by atomic mass is 32.2. The minimum absolute atomic E-state index is 0.478. The van der Waals surface area contributed by atoms with Crippen molar-refractivity contribution in [3.63, 3.8) is 0 Å². The summed E-state index contributed by atoms with van der Waals surface area (Å²) < 4.78 is 28.6. The summed E-state index contributed by atoms with van der Waals surface area (Å²) in [5.74, 6) is 1.43. The van der Waals surface area contributed by atoms with Gasteiger partial charge in [-0.2, -0.15) is 0 Å². The lowest BCUT2D eigenvalue weighted by atomic mass is 10.1. The molecule has 1 aromatic heterocycles. The predicted octanol–water partition coefficient (Wildman–Crippen LogP) is 3.97. The van der Waals surface area contributed by atoms with E-state index >= 15 is 0 Å². The molecule has 130 valence electrons. The molecule has 3 rings (SSSR count). The van der Waals surface area contributed by atoms with E-state index in [0.717, 1.165) is 16.5 Å². The monoisotopic (exact) mass is 357 g/mol. The number of rotatable bonds is 6. The van der Waals surface area contributed by atoms with Crippen LogP contribution in [0.25, 0.3) is 17.0 Å². The fraction of sp³-hybridized carbons (Fsp3) is 0.158. The van der Waals surface area contributed by atoms with Gasteiger partial charge in [0.25, 0.3) is 0 Å². The van der Waals surface area contributed by atoms with E-state index in [-0.39, 0.29) is 0 Å². The van der Waals surface area contributed by atoms with Crippen LogP contribution in [-0.2, 0) is 10.8 Å². The molecule has 0 spiro atoms. The molecule has 0 bridgehead atoms. The summed E-state index contributed by atoms with van der Waals surface area (Å²) in [6.45, 7) is 0. The van der Waals surface area contributed by atoms with E-state index in [1.165, 1.54) is 21.3 Å². The van der Waals surface area contributed by atoms with Crippen LogP contribution in [0.15, 0.2) is 52.9 Å². The molecule has 5 nitrogen and oxygen atoms in total. The summed E-state index contributed by atoms with van der Waals surface area (Å²) >= 11 is 0. The molecule has 0 radical (unpaired) electrons. The molecule has 0 aliphatic carbocycles. The number of fused-ring (bicyclic) bond motifs is 1. The van der Waals surface area contributed by atoms with E-state index in [1.807, 2.05) is 36.5 Å². The number of H-pyrrole nitrogens is 1. The van der Waals surface area contributed by atoms with Gasteiger partial charge in [0, 0.05) is 34.6 Å². The van der Waals surface area contributed by atoms with Gasteiger partial charge in [0.1, 0.15) is 0 Å². The SMILES string of the molecule is COc1cc(S(=O)/C=C/c2cccc3[nH]ccc23)cc(OC)c1OC. The molecule has 0 aliphatic heterocycles. The van der Waals surface area contributed by atoms with Crippen molar-refractivity contribution in [3.05, 3.63) is 53.6 Å². The van der Waals surface area contributed by atoms with Gasteiger partial charge in [-0.1, -0.05) is 12.1 Å². The largest absolute Gasteiger partial charge is 0.493 e. The van der Waals surface area contributed by atoms with E-state index in [0.29, 0.717) is 22.1 Å². The molecule has 0 aliphatic rings. The standard InChI is InChI=1S/C19H19NO4S/c1-22-17-11-14(12-18(23-2)19(17)24-3)25(21)10-8-13-5-4-6-16-15(13)7-9-20-16/h4-12,20H,1-3H3/b10-8+. The summed E-state index contributed by atoms with van der Waals surface area (Å²) in [7, 11) is 3.25. The summed E-state index contributed by atoms with van der Waals surface area (Å²) in [6.07, 6.45) is 3.74. The van der Waals surface area contributed by atoms with Crippen LogP contribution < -0.4 is 14.2 Å². The van der Waals surface area contributed by atoms with Gasteiger partial charge in [0.2, 0.25) is 5.75 Å². The Morgan fingerprint density at radius 2 is 1.72 bits per heavy atom. The number of hydrogen-bond acceptors (Lipinski definition) is 4. The van der Waals surface area contributed by atoms with Crippen LogP contribution >= 0.6 is 0 Å². The minimum atomic E-state index is -1.35. The highest BCUT2D eigenvalue weighted by molar-refractivity contribution is 7.88. The maximum atomic E-state index is 12.7. The quantitative estimate of drug-likeness (QED) is 0.725. The van der Waals surface area contributed by atoms with Gasteiger partial charge in [-0.15, -0.1) is 0 Å². The van der Waals surface area contributed by atoms with E-state index in [2.05, 4.69) is 4.98 Å². The van der Waals surface area contributed by atoms with E-state index in [1.54, 1.807) is 17.5 Å². The second kappa shape index (κ2) is 7.44. The van der Waals surface area contributed by atoms with Gasteiger partial charge >= 0.3 is 0 Å². The van der Waals surface area contributed by atoms with E-state index in [4.69, 9.17) is 14.2 Å². The Balaban J connectivity index is 1.94. The van der Waals surface area contributed by atoms with Gasteiger partial charge in [-0.25, -0.2) is 4.21 Å². The van der Waals surface area contributed by atoms with Gasteiger partial charge in [-0.05, 0) is 23.8 Å². The van der Waals surface area contributed by atoms with Crippen molar-refractivity contribution in [1.82, 2.24) is 4.98 Å². The molecular formula is C19H19NO4S. The molecule has 6 heteroatoms. The molecule has 1 unspecified atom stereocenters. The summed E-state index contributed by atoms with van der Waals surface area (Å²) in [5, 5.41) is 2.74. The Morgan fingerprint density at radius 3 is 2.36 bits per heavy atom. The van der Waals surface area contributed by atoms with Crippen LogP contribution in [0.2, 0.25) is 0 Å². The number of aromatic amines is 1. The Labute approximate surface area is 148 Å². The summed E-state index contributed by atoms with van der Waals surface area (Å²) in [6, 6.07) is 11.3. The third kappa shape index (κ3) is 3.39. The molecule has 0 amide bonds. The first-order chi connectivity index (χ1) is 12.2. The molecule has 25 heavy (non-hydrogen) atoms. The van der Waals surface area contributed by atoms with Crippen molar-refractivity contribution >= 4 is 27.8 Å². The number of ether oxygens (including phenoxy) is 3. The normalized spacial score (nSPS) is 12.4. The fourth-order valence-electron chi connectivity index (χ4n) is 2.64. The molecular weight excluding hydrogens is 338 g/mol. The number of nitrogens with one attached hydrogen (secondary N) is 1. The fourth-order valence-corrected chi connectivity index (χ4v) is 3.52. The van der Waals surface area contributed by atoms with Crippen molar-refractivity contribution in [2.45, 2.75) is 4.90 Å². The maximum absolute atomic E-state index is 12.7. The first-order valence-corrected chi connectivity index (χ1v) is 8.84.